The molecule has 0 saturated carbocycles. The third-order valence-electron chi connectivity index (χ3n) is 5.15. The molecule has 0 bridgehead atoms. The molecule has 0 spiro atoms. The first-order valence-electron chi connectivity index (χ1n) is 7.13. The van der Waals surface area contributed by atoms with Crippen LogP contribution in [0.1, 0.15) is 55.4 Å². The molecule has 0 aliphatic heterocycles. The van der Waals surface area contributed by atoms with Gasteiger partial charge in [-0.05, 0) is 0 Å². The van der Waals surface area contributed by atoms with Gasteiger partial charge in [-0.25, -0.2) is 0 Å². The molecule has 0 fully saturated rings. The van der Waals surface area contributed by atoms with Gasteiger partial charge in [0.15, 0.2) is 0 Å². The Labute approximate surface area is 124 Å². The Morgan fingerprint density at radius 3 is 1.11 bits per heavy atom. The summed E-state index contributed by atoms with van der Waals surface area (Å²) in [7, 11) is 0. The minimum atomic E-state index is 0.605. The maximum atomic E-state index is 2.35. The van der Waals surface area contributed by atoms with E-state index >= 15 is 0 Å². The number of rotatable bonds is 2. The molecule has 1 heteroatoms. The summed E-state index contributed by atoms with van der Waals surface area (Å²) in [5, 5.41) is 0. The van der Waals surface area contributed by atoms with Gasteiger partial charge in [-0.15, -0.1) is 0 Å². The molecule has 0 N–H and O–H groups in total. The molecule has 0 nitrogen and oxygen atoms in total. The number of allylic oxidation sites excluding steroid dienone is 8. The molecule has 2 unspecified atom stereocenters. The van der Waals surface area contributed by atoms with E-state index in [9.17, 15) is 0 Å². The predicted octanol–water partition coefficient (Wildman–Crippen LogP) is 5.59. The van der Waals surface area contributed by atoms with Gasteiger partial charge in [-0.3, -0.25) is 0 Å². The normalized spacial score (nSPS) is 28.6. The molecule has 2 aliphatic rings. The molecule has 0 aromatic heterocycles. The van der Waals surface area contributed by atoms with Gasteiger partial charge in [0.2, 0.25) is 0 Å². The standard InChI is InChI=1S/2C9H13.Ni/c2*1-6-5-7(2)9(4)8(6)3;/h2*6H,1-4H3;. The van der Waals surface area contributed by atoms with Crippen LogP contribution in [-0.2, 0) is 14.4 Å². The van der Waals surface area contributed by atoms with E-state index in [1.165, 1.54) is 22.3 Å². The Morgan fingerprint density at radius 1 is 0.579 bits per heavy atom. The maximum absolute atomic E-state index is 2.35. The molecule has 2 rings (SSSR count). The summed E-state index contributed by atoms with van der Waals surface area (Å²) >= 11 is 1.82. The fraction of sp³-hybridized carbons (Fsp3) is 0.556. The second kappa shape index (κ2) is 5.09. The number of hydrogen-bond acceptors (Lipinski definition) is 0. The van der Waals surface area contributed by atoms with Crippen molar-refractivity contribution in [1.29, 1.82) is 0 Å². The fourth-order valence-corrected chi connectivity index (χ4v) is 4.81. The molecule has 0 heterocycles. The van der Waals surface area contributed by atoms with Gasteiger partial charge in [-0.1, -0.05) is 0 Å². The third kappa shape index (κ3) is 2.21. The third-order valence-corrected chi connectivity index (χ3v) is 7.28. The molecule has 0 aromatic rings. The molecule has 19 heavy (non-hydrogen) atoms. The second-order valence-electron chi connectivity index (χ2n) is 6.02. The van der Waals surface area contributed by atoms with Crippen molar-refractivity contribution in [2.75, 3.05) is 0 Å². The van der Waals surface area contributed by atoms with Crippen LogP contribution in [0.2, 0.25) is 0 Å². The average Bonchev–Trinajstić information content (AvgIpc) is 2.68. The van der Waals surface area contributed by atoms with Crippen LogP contribution in [0.25, 0.3) is 0 Å². The molecule has 0 amide bonds. The second-order valence-corrected chi connectivity index (χ2v) is 7.33. The van der Waals surface area contributed by atoms with E-state index in [1.54, 1.807) is 20.2 Å². The molecule has 0 aromatic carbocycles. The van der Waals surface area contributed by atoms with Gasteiger partial charge in [-0.2, -0.15) is 0 Å². The number of hydrogen-bond donors (Lipinski definition) is 0. The van der Waals surface area contributed by atoms with Gasteiger partial charge < -0.3 is 0 Å². The zero-order valence-corrected chi connectivity index (χ0v) is 14.5. The summed E-state index contributed by atoms with van der Waals surface area (Å²) in [6.45, 7) is 18.4. The zero-order valence-electron chi connectivity index (χ0n) is 13.5. The van der Waals surface area contributed by atoms with E-state index in [-0.39, 0.29) is 0 Å². The van der Waals surface area contributed by atoms with Crippen molar-refractivity contribution in [3.05, 3.63) is 42.5 Å². The van der Waals surface area contributed by atoms with Crippen LogP contribution in [0.5, 0.6) is 0 Å². The van der Waals surface area contributed by atoms with E-state index in [1.807, 2.05) is 14.4 Å². The van der Waals surface area contributed by atoms with Gasteiger partial charge in [0.05, 0.1) is 0 Å². The van der Waals surface area contributed by atoms with Crippen molar-refractivity contribution in [3.8, 4) is 0 Å². The molecular weight excluding hydrogens is 275 g/mol. The first-order valence-corrected chi connectivity index (χ1v) is 8.11. The van der Waals surface area contributed by atoms with Crippen LogP contribution < -0.4 is 0 Å². The van der Waals surface area contributed by atoms with Crippen LogP contribution in [0.4, 0.5) is 0 Å². The molecule has 0 radical (unpaired) electrons. The fourth-order valence-electron chi connectivity index (χ4n) is 2.93. The van der Waals surface area contributed by atoms with Crippen LogP contribution in [0.3, 0.4) is 0 Å². The van der Waals surface area contributed by atoms with E-state index in [0.29, 0.717) is 11.8 Å². The molecular formula is C18H26Ni. The van der Waals surface area contributed by atoms with E-state index in [4.69, 9.17) is 0 Å². The van der Waals surface area contributed by atoms with E-state index in [2.05, 4.69) is 55.4 Å². The van der Waals surface area contributed by atoms with Crippen LogP contribution >= 0.6 is 0 Å². The summed E-state index contributed by atoms with van der Waals surface area (Å²) in [5.74, 6) is 1.21. The van der Waals surface area contributed by atoms with Gasteiger partial charge >= 0.3 is 124 Å². The van der Waals surface area contributed by atoms with Crippen molar-refractivity contribution < 1.29 is 14.4 Å². The Balaban J connectivity index is 2.32. The Morgan fingerprint density at radius 2 is 0.895 bits per heavy atom. The molecule has 108 valence electrons. The quantitative estimate of drug-likeness (QED) is 0.583. The Kier molecular flexibility index (Phi) is 3.98. The summed E-state index contributed by atoms with van der Waals surface area (Å²) in [6, 6.07) is 0. The van der Waals surface area contributed by atoms with Crippen molar-refractivity contribution in [2.24, 2.45) is 11.8 Å². The predicted molar refractivity (Wildman–Crippen MR) is 80.5 cm³/mol. The van der Waals surface area contributed by atoms with Crippen LogP contribution in [0.15, 0.2) is 42.5 Å². The first-order chi connectivity index (χ1) is 8.77. The summed E-state index contributed by atoms with van der Waals surface area (Å²) in [4.78, 5) is 0. The zero-order chi connectivity index (χ0) is 14.5. The minimum absolute atomic E-state index is 0.605. The van der Waals surface area contributed by atoms with E-state index in [0.717, 1.165) is 0 Å². The Bertz CT molecular complexity index is 502. The topological polar surface area (TPSA) is 0 Å². The van der Waals surface area contributed by atoms with Gasteiger partial charge in [0.1, 0.15) is 0 Å². The summed E-state index contributed by atoms with van der Waals surface area (Å²) < 4.78 is 3.18. The van der Waals surface area contributed by atoms with Crippen molar-refractivity contribution in [3.63, 3.8) is 0 Å². The van der Waals surface area contributed by atoms with Gasteiger partial charge in [0.25, 0.3) is 0 Å². The SMILES string of the molecule is CC1=C(C)C(C)[C]([Ni][C]2=C(C)C(C)=C(C)C2C)=C1C. The Hall–Kier alpha value is -0.546. The van der Waals surface area contributed by atoms with E-state index < -0.39 is 0 Å². The van der Waals surface area contributed by atoms with Crippen LogP contribution in [-0.4, -0.2) is 0 Å². The molecule has 2 atom stereocenters. The molecule has 0 saturated heterocycles. The molecule has 2 aliphatic carbocycles. The monoisotopic (exact) mass is 300 g/mol. The van der Waals surface area contributed by atoms with Crippen molar-refractivity contribution in [1.82, 2.24) is 0 Å². The first kappa shape index (κ1) is 14.9. The summed E-state index contributed by atoms with van der Waals surface area (Å²) in [6.07, 6.45) is 0. The van der Waals surface area contributed by atoms with Crippen molar-refractivity contribution in [2.45, 2.75) is 55.4 Å². The average molecular weight is 301 g/mol. The van der Waals surface area contributed by atoms with Gasteiger partial charge in [0, 0.05) is 0 Å². The van der Waals surface area contributed by atoms with Crippen molar-refractivity contribution >= 4 is 0 Å². The summed E-state index contributed by atoms with van der Waals surface area (Å²) in [5.41, 5.74) is 9.14. The van der Waals surface area contributed by atoms with Crippen LogP contribution in [0, 0.1) is 11.8 Å².